The Balaban J connectivity index is 1.51. The first-order chi connectivity index (χ1) is 14.3. The number of para-hydroxylation sites is 1. The Morgan fingerprint density at radius 3 is 2.50 bits per heavy atom. The van der Waals surface area contributed by atoms with Gasteiger partial charge in [-0.1, -0.05) is 35.4 Å². The van der Waals surface area contributed by atoms with Gasteiger partial charge in [-0.2, -0.15) is 0 Å². The third kappa shape index (κ3) is 3.75. The number of rotatable bonds is 4. The van der Waals surface area contributed by atoms with Crippen molar-refractivity contribution in [2.45, 2.75) is 20.3 Å². The number of fused-ring (bicyclic) bond motifs is 1. The summed E-state index contributed by atoms with van der Waals surface area (Å²) in [6.45, 7) is 6.52. The molecule has 7 heteroatoms. The molecule has 1 fully saturated rings. The number of aromatic carboxylic acids is 1. The lowest BCUT2D eigenvalue weighted by Gasteiger charge is -2.37. The molecule has 0 unspecified atom stereocenters. The minimum Gasteiger partial charge on any atom is -0.477 e. The van der Waals surface area contributed by atoms with Crippen molar-refractivity contribution in [2.24, 2.45) is 0 Å². The van der Waals surface area contributed by atoms with Gasteiger partial charge >= 0.3 is 5.97 Å². The maximum Gasteiger partial charge on any atom is 0.352 e. The van der Waals surface area contributed by atoms with Crippen LogP contribution >= 0.6 is 11.6 Å². The summed E-state index contributed by atoms with van der Waals surface area (Å²) in [6, 6.07) is 11.6. The van der Waals surface area contributed by atoms with Crippen LogP contribution in [0.15, 0.2) is 36.4 Å². The number of nitrogens with zero attached hydrogens (tertiary/aromatic N) is 2. The molecule has 1 aromatic heterocycles. The third-order valence-electron chi connectivity index (χ3n) is 5.74. The van der Waals surface area contributed by atoms with Crippen molar-refractivity contribution >= 4 is 40.1 Å². The highest BCUT2D eigenvalue weighted by Crippen LogP contribution is 2.30. The van der Waals surface area contributed by atoms with Gasteiger partial charge < -0.3 is 19.9 Å². The molecular weight excluding hydrogens is 402 g/mol. The monoisotopic (exact) mass is 425 g/mol. The van der Waals surface area contributed by atoms with Crippen molar-refractivity contribution in [3.8, 4) is 0 Å². The lowest BCUT2D eigenvalue weighted by molar-refractivity contribution is -0.130. The predicted octanol–water partition coefficient (Wildman–Crippen LogP) is 4.03. The first-order valence-electron chi connectivity index (χ1n) is 9.97. The molecule has 0 atom stereocenters. The van der Waals surface area contributed by atoms with E-state index in [1.807, 2.05) is 55.1 Å². The van der Waals surface area contributed by atoms with Gasteiger partial charge in [0.1, 0.15) is 5.69 Å². The van der Waals surface area contributed by atoms with Gasteiger partial charge in [0.15, 0.2) is 0 Å². The number of H-pyrrole nitrogens is 1. The van der Waals surface area contributed by atoms with Crippen LogP contribution in [-0.4, -0.2) is 53.0 Å². The summed E-state index contributed by atoms with van der Waals surface area (Å²) in [7, 11) is 0. The number of carboxylic acid groups (broad SMARTS) is 1. The smallest absolute Gasteiger partial charge is 0.352 e. The number of piperazine rings is 1. The Labute approximate surface area is 180 Å². The maximum absolute atomic E-state index is 13.0. The van der Waals surface area contributed by atoms with Crippen LogP contribution < -0.4 is 4.90 Å². The Kier molecular flexibility index (Phi) is 5.43. The van der Waals surface area contributed by atoms with Gasteiger partial charge in [0.2, 0.25) is 5.91 Å². The third-order valence-corrected chi connectivity index (χ3v) is 6.05. The lowest BCUT2D eigenvalue weighted by atomic mass is 10.0. The van der Waals surface area contributed by atoms with E-state index in [-0.39, 0.29) is 18.0 Å². The fraction of sp³-hybridized carbons (Fsp3) is 0.304. The molecular formula is C23H24ClN3O3. The van der Waals surface area contributed by atoms with Crippen molar-refractivity contribution in [3.63, 3.8) is 0 Å². The van der Waals surface area contributed by atoms with Gasteiger partial charge in [-0.05, 0) is 37.6 Å². The van der Waals surface area contributed by atoms with Crippen molar-refractivity contribution in [2.75, 3.05) is 31.1 Å². The molecule has 2 N–H and O–H groups in total. The minimum atomic E-state index is -1.05. The van der Waals surface area contributed by atoms with E-state index in [0.717, 1.165) is 32.7 Å². The van der Waals surface area contributed by atoms with Crippen LogP contribution in [0.1, 0.15) is 27.2 Å². The van der Waals surface area contributed by atoms with Crippen LogP contribution in [-0.2, 0) is 11.2 Å². The van der Waals surface area contributed by atoms with E-state index < -0.39 is 5.97 Å². The van der Waals surface area contributed by atoms with E-state index in [1.165, 1.54) is 0 Å². The Bertz CT molecular complexity index is 1110. The van der Waals surface area contributed by atoms with E-state index in [4.69, 9.17) is 11.6 Å². The first-order valence-corrected chi connectivity index (χ1v) is 10.4. The fourth-order valence-corrected chi connectivity index (χ4v) is 4.54. The number of hydrogen-bond acceptors (Lipinski definition) is 3. The quantitative estimate of drug-likeness (QED) is 0.661. The van der Waals surface area contributed by atoms with Gasteiger partial charge in [0.05, 0.1) is 17.1 Å². The number of hydrogen-bond donors (Lipinski definition) is 2. The SMILES string of the molecule is Cc1ccc2[nH]c(C(=O)O)c(CC(=O)N3CCN(c4c(C)cccc4Cl)CC3)c2c1. The highest BCUT2D eigenvalue weighted by molar-refractivity contribution is 6.33. The highest BCUT2D eigenvalue weighted by Gasteiger charge is 2.26. The lowest BCUT2D eigenvalue weighted by Crippen LogP contribution is -2.49. The Hall–Kier alpha value is -2.99. The molecule has 3 aromatic rings. The van der Waals surface area contributed by atoms with Crippen LogP contribution in [0.4, 0.5) is 5.69 Å². The van der Waals surface area contributed by atoms with E-state index >= 15 is 0 Å². The largest absolute Gasteiger partial charge is 0.477 e. The van der Waals surface area contributed by atoms with E-state index in [2.05, 4.69) is 9.88 Å². The maximum atomic E-state index is 13.0. The molecule has 0 aliphatic carbocycles. The molecule has 4 rings (SSSR count). The van der Waals surface area contributed by atoms with E-state index in [9.17, 15) is 14.7 Å². The number of carbonyl (C=O) groups excluding carboxylic acids is 1. The van der Waals surface area contributed by atoms with Gasteiger partial charge in [-0.25, -0.2) is 4.79 Å². The second-order valence-electron chi connectivity index (χ2n) is 7.78. The van der Waals surface area contributed by atoms with Gasteiger partial charge in [-0.3, -0.25) is 4.79 Å². The molecule has 0 bridgehead atoms. The van der Waals surface area contributed by atoms with Crippen LogP contribution in [0.25, 0.3) is 10.9 Å². The number of benzene rings is 2. The molecule has 6 nitrogen and oxygen atoms in total. The topological polar surface area (TPSA) is 76.6 Å². The number of nitrogens with one attached hydrogen (secondary N) is 1. The number of carboxylic acids is 1. The molecule has 0 radical (unpaired) electrons. The molecule has 0 spiro atoms. The number of amides is 1. The zero-order valence-corrected chi connectivity index (χ0v) is 17.8. The first kappa shape index (κ1) is 20.3. The fourth-order valence-electron chi connectivity index (χ4n) is 4.19. The average molecular weight is 426 g/mol. The van der Waals surface area contributed by atoms with Gasteiger partial charge in [0, 0.05) is 42.6 Å². The minimum absolute atomic E-state index is 0.0598. The molecule has 156 valence electrons. The number of carbonyl (C=O) groups is 2. The summed E-state index contributed by atoms with van der Waals surface area (Å²) in [5, 5.41) is 11.1. The van der Waals surface area contributed by atoms with Crippen molar-refractivity contribution in [1.82, 2.24) is 9.88 Å². The zero-order chi connectivity index (χ0) is 21.4. The second-order valence-corrected chi connectivity index (χ2v) is 8.19. The average Bonchev–Trinajstić information content (AvgIpc) is 3.06. The van der Waals surface area contributed by atoms with Crippen LogP contribution in [0.5, 0.6) is 0 Å². The van der Waals surface area contributed by atoms with Crippen LogP contribution in [0.3, 0.4) is 0 Å². The van der Waals surface area contributed by atoms with Crippen molar-refractivity contribution in [1.29, 1.82) is 0 Å². The second kappa shape index (κ2) is 8.03. The summed E-state index contributed by atoms with van der Waals surface area (Å²) >= 11 is 6.39. The highest BCUT2D eigenvalue weighted by atomic mass is 35.5. The van der Waals surface area contributed by atoms with Gasteiger partial charge in [-0.15, -0.1) is 0 Å². The van der Waals surface area contributed by atoms with Crippen molar-refractivity contribution < 1.29 is 14.7 Å². The normalized spacial score (nSPS) is 14.4. The van der Waals surface area contributed by atoms with E-state index in [1.54, 1.807) is 0 Å². The van der Waals surface area contributed by atoms with E-state index in [0.29, 0.717) is 31.7 Å². The predicted molar refractivity (Wildman–Crippen MR) is 119 cm³/mol. The molecule has 1 amide bonds. The Morgan fingerprint density at radius 2 is 1.83 bits per heavy atom. The van der Waals surface area contributed by atoms with Gasteiger partial charge in [0.25, 0.3) is 0 Å². The van der Waals surface area contributed by atoms with Crippen molar-refractivity contribution in [3.05, 3.63) is 63.8 Å². The number of aromatic amines is 1. The summed E-state index contributed by atoms with van der Waals surface area (Å²) in [5.74, 6) is -1.11. The molecule has 0 saturated carbocycles. The Morgan fingerprint density at radius 1 is 1.10 bits per heavy atom. The summed E-state index contributed by atoms with van der Waals surface area (Å²) in [5.41, 5.74) is 4.54. The number of anilines is 1. The van der Waals surface area contributed by atoms with Crippen LogP contribution in [0.2, 0.25) is 5.02 Å². The standard InChI is InChI=1S/C23H24ClN3O3/c1-14-6-7-19-16(12-14)17(21(25-19)23(29)30)13-20(28)26-8-10-27(11-9-26)22-15(2)4-3-5-18(22)24/h3-7,12,25H,8-11,13H2,1-2H3,(H,29,30). The summed E-state index contributed by atoms with van der Waals surface area (Å²) < 4.78 is 0. The summed E-state index contributed by atoms with van der Waals surface area (Å²) in [4.78, 5) is 31.7. The van der Waals surface area contributed by atoms with Crippen LogP contribution in [0, 0.1) is 13.8 Å². The molecule has 2 aromatic carbocycles. The molecule has 1 aliphatic rings. The molecule has 2 heterocycles. The number of aromatic nitrogens is 1. The molecule has 1 aliphatic heterocycles. The zero-order valence-electron chi connectivity index (χ0n) is 17.0. The number of halogens is 1. The molecule has 30 heavy (non-hydrogen) atoms. The summed E-state index contributed by atoms with van der Waals surface area (Å²) in [6.07, 6.45) is 0.0657. The number of aryl methyl sites for hydroxylation is 2. The molecule has 1 saturated heterocycles.